The fourth-order valence-corrected chi connectivity index (χ4v) is 9.61. The van der Waals surface area contributed by atoms with Gasteiger partial charge in [0.2, 0.25) is 0 Å². The zero-order chi connectivity index (χ0) is 99.2. The molecule has 0 radical (unpaired) electrons. The summed E-state index contributed by atoms with van der Waals surface area (Å²) in [5, 5.41) is 0. The minimum absolute atomic E-state index is 0. The third kappa shape index (κ3) is 99.3. The molecule has 0 saturated carbocycles. The highest BCUT2D eigenvalue weighted by molar-refractivity contribution is 7.89. The van der Waals surface area contributed by atoms with Gasteiger partial charge in [-0.2, -0.15) is 130 Å². The standard InChI is InChI=1S/C13H28O3S.C10H15NO3S.C8H16N2O3S.C5H5NO3S.2C5H12O3S.6CHF3O3S.H3N/c1-2-3-4-5-6-7-8-9-10-11-12-13-17(14,15)16;1-11-8-4-2-6-10(11)7-3-5-9-15(12,13)14;1-9-5-6-10(8-9)4-2-3-7-14(11,12)13;7-10(8,9)5-2-1-3-6-4-5;2*1-2-3-4-5-9(6,7)8;6*2-1(3,4)8(5,6)7;/h2-13H2,1H3,(H,14,15,16);2,4,6,8H,3,5,7,9H2,1H3;5-6H,2-4,7-8H2,1H3,(H,11,12,13);1-4H,(H,7,8,9);2*2-5H2,1H3,(H,6,7,8);6*(H,5,6,7);1H3/p-3. The number of hydrogen-bond donors (Lipinski definition) is 7. The number of aromatic amines is 1. The number of nitrogens with one attached hydrogen (secondary N) is 1. The third-order valence-electron chi connectivity index (χ3n) is 12.0. The molecular formula is C52H94F18N5O36S12-3. The lowest BCUT2D eigenvalue weighted by molar-refractivity contribution is -0.679. The van der Waals surface area contributed by atoms with Gasteiger partial charge in [0.25, 0.3) is 60.7 Å². The molecule has 11 N–H and O–H groups in total. The van der Waals surface area contributed by atoms with Gasteiger partial charge < -0.3 is 43.3 Å². The molecule has 3 rings (SSSR count). The zero-order valence-corrected chi connectivity index (χ0v) is 74.6. The Morgan fingerprint density at radius 2 is 0.593 bits per heavy atom. The average molecular weight is 2090 g/mol. The van der Waals surface area contributed by atoms with Crippen LogP contribution in [0.3, 0.4) is 0 Å². The van der Waals surface area contributed by atoms with E-state index in [-0.39, 0.29) is 39.8 Å². The van der Waals surface area contributed by atoms with Gasteiger partial charge in [-0.1, -0.05) is 117 Å². The summed E-state index contributed by atoms with van der Waals surface area (Å²) in [6.45, 7) is 7.86. The predicted octanol–water partition coefficient (Wildman–Crippen LogP) is 7.80. The van der Waals surface area contributed by atoms with Gasteiger partial charge in [0.05, 0.1) is 35.4 Å². The molecule has 744 valence electrons. The molecule has 0 amide bonds. The van der Waals surface area contributed by atoms with E-state index in [4.69, 9.17) is 105 Å². The summed E-state index contributed by atoms with van der Waals surface area (Å²) in [6, 6.07) is 8.70. The van der Waals surface area contributed by atoms with Crippen LogP contribution in [0.5, 0.6) is 0 Å². The molecule has 0 spiro atoms. The Morgan fingerprint density at radius 3 is 0.797 bits per heavy atom. The van der Waals surface area contributed by atoms with Crippen molar-refractivity contribution < 1.29 is 244 Å². The van der Waals surface area contributed by atoms with Gasteiger partial charge in [-0.3, -0.25) is 27.3 Å². The number of halogens is 18. The van der Waals surface area contributed by atoms with Gasteiger partial charge >= 0.3 is 33.0 Å². The molecule has 1 aliphatic rings. The molecule has 0 aliphatic carbocycles. The first-order chi connectivity index (χ1) is 53.7. The van der Waals surface area contributed by atoms with Crippen LogP contribution >= 0.6 is 0 Å². The summed E-state index contributed by atoms with van der Waals surface area (Å²) in [4.78, 5) is 6.54. The number of nitrogens with zero attached hydrogens (tertiary/aromatic N) is 3. The van der Waals surface area contributed by atoms with Gasteiger partial charge in [0, 0.05) is 50.6 Å². The molecule has 0 bridgehead atoms. The van der Waals surface area contributed by atoms with Crippen LogP contribution in [0.25, 0.3) is 0 Å². The van der Waals surface area contributed by atoms with Gasteiger partial charge in [0.15, 0.2) is 89.9 Å². The maximum atomic E-state index is 10.7. The van der Waals surface area contributed by atoms with Gasteiger partial charge in [-0.25, -0.2) is 60.1 Å². The molecule has 2 aromatic heterocycles. The number of H-pyrrole nitrogens is 1. The van der Waals surface area contributed by atoms with Crippen molar-refractivity contribution >= 4 is 121 Å². The van der Waals surface area contributed by atoms with E-state index in [1.807, 2.05) is 74.2 Å². The highest BCUT2D eigenvalue weighted by atomic mass is 32.3. The SMILES string of the molecule is CCCCCCCCCCCCCS(=O)(=O)O.CCCCCS(=O)(=O)O.CCCCCS(=O)(=O)O.CN1C=CN(CCCCS(=O)(=O)O)C1.C[n+]1ccccc1CCCCS(=O)(=O)O.O=S(=O)(O)c1ccc[nH+]c1.O=S(=O)([O-])C(F)(F)F.O=S(=O)([O-])C(F)(F)F.O=S(=O)([O-])C(F)(F)F.O=S(=O)([O-])C(F)(F)F.O=S(=O)([O-])C(F)(F)F.O=S(=O)([O-])C(F)(F)F.[NH4+]. The second kappa shape index (κ2) is 63.3. The Kier molecular flexibility index (Phi) is 71.4. The van der Waals surface area contributed by atoms with Gasteiger partial charge in [-0.05, 0) is 51.0 Å². The second-order valence-corrected chi connectivity index (χ2v) is 40.5. The van der Waals surface area contributed by atoms with Crippen LogP contribution in [0.15, 0.2) is 66.2 Å². The van der Waals surface area contributed by atoms with Crippen molar-refractivity contribution in [3.05, 3.63) is 67.0 Å². The van der Waals surface area contributed by atoms with Gasteiger partial charge in [-0.15, -0.1) is 0 Å². The van der Waals surface area contributed by atoms with Crippen molar-refractivity contribution in [1.29, 1.82) is 0 Å². The maximum Gasteiger partial charge on any atom is 0.485 e. The van der Waals surface area contributed by atoms with Gasteiger partial charge in [0.1, 0.15) is 7.05 Å². The fourth-order valence-electron chi connectivity index (χ4n) is 6.30. The predicted molar refractivity (Wildman–Crippen MR) is 389 cm³/mol. The Labute approximate surface area is 700 Å². The summed E-state index contributed by atoms with van der Waals surface area (Å²) in [6.07, 6.45) is 29.9. The molecule has 1 aliphatic heterocycles. The summed E-state index contributed by atoms with van der Waals surface area (Å²) >= 11 is 0. The van der Waals surface area contributed by atoms with E-state index in [0.717, 1.165) is 76.7 Å². The number of rotatable bonds is 31. The monoisotopic (exact) mass is 2090 g/mol. The Morgan fingerprint density at radius 1 is 0.358 bits per heavy atom. The van der Waals surface area contributed by atoms with E-state index in [9.17, 15) is 130 Å². The molecule has 0 fully saturated rings. The Hall–Kier alpha value is -4.74. The Bertz CT molecular complexity index is 4330. The molecule has 0 aromatic carbocycles. The minimum Gasteiger partial charge on any atom is -0.741 e. The number of pyridine rings is 2. The highest BCUT2D eigenvalue weighted by Gasteiger charge is 2.40. The molecule has 2 aromatic rings. The number of alkyl halides is 18. The fraction of sp³-hybridized carbons (Fsp3) is 0.769. The summed E-state index contributed by atoms with van der Waals surface area (Å²) < 4.78 is 529. The number of aryl methyl sites for hydroxylation is 2. The third-order valence-corrected chi connectivity index (χ3v) is 20.3. The molecular weight excluding hydrogens is 2000 g/mol. The first kappa shape index (κ1) is 139. The molecule has 0 unspecified atom stereocenters. The maximum absolute atomic E-state index is 10.7. The van der Waals surface area contributed by atoms with Crippen LogP contribution in [0.1, 0.15) is 161 Å². The largest absolute Gasteiger partial charge is 0.741 e. The molecule has 41 nitrogen and oxygen atoms in total. The van der Waals surface area contributed by atoms with E-state index in [2.05, 4.69) is 16.8 Å². The molecule has 123 heavy (non-hydrogen) atoms. The second-order valence-electron chi connectivity index (χ2n) is 23.0. The van der Waals surface area contributed by atoms with Crippen LogP contribution in [0, 0.1) is 0 Å². The van der Waals surface area contributed by atoms with Crippen LogP contribution in [0.4, 0.5) is 79.0 Å². The van der Waals surface area contributed by atoms with Crippen molar-refractivity contribution in [3.63, 3.8) is 0 Å². The van der Waals surface area contributed by atoms with E-state index in [1.165, 1.54) is 69.7 Å². The zero-order valence-electron chi connectivity index (χ0n) is 64.8. The molecule has 0 saturated heterocycles. The van der Waals surface area contributed by atoms with Crippen LogP contribution in [0.2, 0.25) is 0 Å². The normalized spacial score (nSPS) is 13.1. The number of unbranched alkanes of at least 4 members (excludes halogenated alkanes) is 16. The Balaban J connectivity index is -0.000000143. The van der Waals surface area contributed by atoms with Crippen molar-refractivity contribution in [3.8, 4) is 0 Å². The summed E-state index contributed by atoms with van der Waals surface area (Å²) in [5.41, 5.74) is -32.7. The van der Waals surface area contributed by atoms with Crippen LogP contribution in [-0.4, -0.2) is 248 Å². The highest BCUT2D eigenvalue weighted by Crippen LogP contribution is 2.25. The molecule has 0 atom stereocenters. The summed E-state index contributed by atoms with van der Waals surface area (Å²) in [7, 11) is -55.3. The van der Waals surface area contributed by atoms with E-state index >= 15 is 0 Å². The lowest BCUT2D eigenvalue weighted by atomic mass is 10.1. The number of hydrogen-bond acceptors (Lipinski definition) is 32. The van der Waals surface area contributed by atoms with Crippen molar-refractivity contribution in [2.24, 2.45) is 7.05 Å². The smallest absolute Gasteiger partial charge is 0.485 e. The van der Waals surface area contributed by atoms with Crippen LogP contribution < -0.4 is 15.7 Å². The lowest BCUT2D eigenvalue weighted by Gasteiger charge is -2.17. The van der Waals surface area contributed by atoms with Crippen molar-refractivity contribution in [2.75, 3.05) is 49.0 Å². The quantitative estimate of drug-likeness (QED) is 0.0124. The first-order valence-electron chi connectivity index (χ1n) is 32.6. The minimum atomic E-state index is -6.09. The van der Waals surface area contributed by atoms with Crippen molar-refractivity contribution in [1.82, 2.24) is 16.0 Å². The number of aromatic nitrogens is 2. The van der Waals surface area contributed by atoms with E-state index in [1.54, 1.807) is 6.20 Å². The summed E-state index contributed by atoms with van der Waals surface area (Å²) in [5.74, 6) is -0.560. The van der Waals surface area contributed by atoms with Crippen LogP contribution in [-0.2, 0) is 135 Å². The van der Waals surface area contributed by atoms with E-state index in [0.29, 0.717) is 32.1 Å². The lowest BCUT2D eigenvalue weighted by Crippen LogP contribution is -2.32. The first-order valence-corrected chi connectivity index (χ1v) is 50.6. The topological polar surface area (TPSA) is 730 Å². The molecule has 71 heteroatoms. The average Bonchev–Trinajstić information content (AvgIpc) is 0.924. The molecule has 3 heterocycles. The van der Waals surface area contributed by atoms with E-state index < -0.39 is 154 Å². The number of quaternary nitrogens is 1. The van der Waals surface area contributed by atoms with Crippen molar-refractivity contribution in [2.45, 2.75) is 200 Å².